The van der Waals surface area contributed by atoms with Crippen molar-refractivity contribution in [2.45, 2.75) is 13.3 Å². The second-order valence-electron chi connectivity index (χ2n) is 4.26. The molecule has 1 aromatic heterocycles. The number of hydrogen-bond donors (Lipinski definition) is 3. The van der Waals surface area contributed by atoms with E-state index in [9.17, 15) is 9.59 Å². The lowest BCUT2D eigenvalue weighted by Crippen LogP contribution is -2.19. The molecule has 3 N–H and O–H groups in total. The molecule has 0 aliphatic heterocycles. The van der Waals surface area contributed by atoms with E-state index in [-0.39, 0.29) is 6.42 Å². The predicted octanol–water partition coefficient (Wildman–Crippen LogP) is 3.38. The number of amides is 2. The van der Waals surface area contributed by atoms with Gasteiger partial charge >= 0.3 is 12.0 Å². The summed E-state index contributed by atoms with van der Waals surface area (Å²) in [5.74, 6) is -0.967. The van der Waals surface area contributed by atoms with Crippen molar-refractivity contribution in [1.82, 2.24) is 4.98 Å². The van der Waals surface area contributed by atoms with Crippen molar-refractivity contribution in [2.24, 2.45) is 0 Å². The normalized spacial score (nSPS) is 10.2. The molecule has 0 aliphatic carbocycles. The van der Waals surface area contributed by atoms with E-state index >= 15 is 0 Å². The van der Waals surface area contributed by atoms with Gasteiger partial charge in [-0.25, -0.2) is 9.78 Å². The molecule has 0 radical (unpaired) electrons. The molecule has 2 aromatic rings. The van der Waals surface area contributed by atoms with Gasteiger partial charge in [-0.05, 0) is 24.6 Å². The van der Waals surface area contributed by atoms with E-state index in [2.05, 4.69) is 15.6 Å². The molecule has 0 aliphatic rings. The first-order chi connectivity index (χ1) is 9.94. The van der Waals surface area contributed by atoms with Gasteiger partial charge in [0.25, 0.3) is 0 Å². The maximum absolute atomic E-state index is 11.8. The van der Waals surface area contributed by atoms with E-state index in [0.717, 1.165) is 16.9 Å². The fourth-order valence-electron chi connectivity index (χ4n) is 1.53. The lowest BCUT2D eigenvalue weighted by atomic mass is 10.2. The average Bonchev–Trinajstić information content (AvgIpc) is 2.80. The van der Waals surface area contributed by atoms with E-state index in [4.69, 9.17) is 16.7 Å². The summed E-state index contributed by atoms with van der Waals surface area (Å²) in [5, 5.41) is 16.3. The summed E-state index contributed by atoms with van der Waals surface area (Å²) < 4.78 is 0. The number of carbonyl (C=O) groups is 2. The quantitative estimate of drug-likeness (QED) is 0.803. The van der Waals surface area contributed by atoms with Crippen LogP contribution < -0.4 is 10.6 Å². The van der Waals surface area contributed by atoms with Gasteiger partial charge in [0.1, 0.15) is 0 Å². The van der Waals surface area contributed by atoms with Gasteiger partial charge in [-0.2, -0.15) is 0 Å². The lowest BCUT2D eigenvalue weighted by molar-refractivity contribution is -0.136. The minimum absolute atomic E-state index is 0.173. The van der Waals surface area contributed by atoms with E-state index in [0.29, 0.717) is 21.5 Å². The Morgan fingerprint density at radius 1 is 1.38 bits per heavy atom. The topological polar surface area (TPSA) is 91.3 Å². The number of thiazole rings is 1. The number of aliphatic carboxylic acids is 1. The van der Waals surface area contributed by atoms with Crippen molar-refractivity contribution < 1.29 is 14.7 Å². The van der Waals surface area contributed by atoms with Gasteiger partial charge in [0.05, 0.1) is 12.1 Å². The van der Waals surface area contributed by atoms with Crippen LogP contribution in [0.4, 0.5) is 15.6 Å². The molecule has 8 heteroatoms. The predicted molar refractivity (Wildman–Crippen MR) is 82.3 cm³/mol. The molecule has 21 heavy (non-hydrogen) atoms. The third-order valence-electron chi connectivity index (χ3n) is 2.53. The highest BCUT2D eigenvalue weighted by Crippen LogP contribution is 2.21. The van der Waals surface area contributed by atoms with E-state index in [1.165, 1.54) is 0 Å². The molecule has 0 saturated heterocycles. The Balaban J connectivity index is 1.96. The minimum atomic E-state index is -0.967. The molecule has 0 saturated carbocycles. The smallest absolute Gasteiger partial charge is 0.325 e. The first-order valence-electron chi connectivity index (χ1n) is 5.94. The Kier molecular flexibility index (Phi) is 4.77. The standard InChI is InChI=1S/C13H12ClN3O3S/c1-7-2-3-8(4-10(7)14)15-12(20)17-13-16-9(6-21-13)5-11(18)19/h2-4,6H,5H2,1H3,(H,18,19)(H2,15,16,17,20). The van der Waals surface area contributed by atoms with Gasteiger partial charge in [0, 0.05) is 16.1 Å². The number of halogens is 1. The number of carboxylic acids is 1. The first kappa shape index (κ1) is 15.3. The van der Waals surface area contributed by atoms with Crippen LogP contribution in [-0.2, 0) is 11.2 Å². The number of nitrogens with zero attached hydrogens (tertiary/aromatic N) is 1. The molecule has 1 aromatic carbocycles. The molecule has 6 nitrogen and oxygen atoms in total. The van der Waals surface area contributed by atoms with Gasteiger partial charge < -0.3 is 10.4 Å². The number of benzene rings is 1. The molecule has 0 bridgehead atoms. The van der Waals surface area contributed by atoms with Crippen molar-refractivity contribution >= 4 is 45.8 Å². The van der Waals surface area contributed by atoms with Crippen LogP contribution in [0, 0.1) is 6.92 Å². The van der Waals surface area contributed by atoms with Crippen molar-refractivity contribution in [2.75, 3.05) is 10.6 Å². The summed E-state index contributed by atoms with van der Waals surface area (Å²) in [6.07, 6.45) is -0.173. The molecular weight excluding hydrogens is 314 g/mol. The number of rotatable bonds is 4. The highest BCUT2D eigenvalue weighted by Gasteiger charge is 2.09. The Bertz CT molecular complexity index is 687. The number of carboxylic acid groups (broad SMARTS) is 1. The fourth-order valence-corrected chi connectivity index (χ4v) is 2.42. The minimum Gasteiger partial charge on any atom is -0.481 e. The summed E-state index contributed by atoms with van der Waals surface area (Å²) >= 11 is 7.14. The molecule has 2 amide bonds. The zero-order chi connectivity index (χ0) is 15.4. The van der Waals surface area contributed by atoms with Crippen molar-refractivity contribution in [3.63, 3.8) is 0 Å². The summed E-state index contributed by atoms with van der Waals surface area (Å²) in [4.78, 5) is 26.4. The van der Waals surface area contributed by atoms with Gasteiger partial charge in [0.2, 0.25) is 0 Å². The molecule has 0 spiro atoms. The third-order valence-corrected chi connectivity index (χ3v) is 3.75. The van der Waals surface area contributed by atoms with E-state index in [1.54, 1.807) is 23.6 Å². The van der Waals surface area contributed by atoms with Crippen molar-refractivity contribution in [3.05, 3.63) is 39.9 Å². The monoisotopic (exact) mass is 325 g/mol. The molecule has 0 atom stereocenters. The first-order valence-corrected chi connectivity index (χ1v) is 7.20. The van der Waals surface area contributed by atoms with Crippen LogP contribution in [-0.4, -0.2) is 22.1 Å². The molecule has 2 rings (SSSR count). The Hall–Kier alpha value is -2.12. The van der Waals surface area contributed by atoms with Crippen LogP contribution in [0.1, 0.15) is 11.3 Å². The zero-order valence-electron chi connectivity index (χ0n) is 11.0. The average molecular weight is 326 g/mol. The molecule has 0 unspecified atom stereocenters. The third kappa shape index (κ3) is 4.44. The number of aryl methyl sites for hydroxylation is 1. The maximum atomic E-state index is 11.8. The summed E-state index contributed by atoms with van der Waals surface area (Å²) in [6, 6.07) is 4.71. The van der Waals surface area contributed by atoms with Crippen LogP contribution in [0.5, 0.6) is 0 Å². The number of carbonyl (C=O) groups excluding carboxylic acids is 1. The van der Waals surface area contributed by atoms with Crippen LogP contribution in [0.3, 0.4) is 0 Å². The van der Waals surface area contributed by atoms with E-state index in [1.807, 2.05) is 6.92 Å². The SMILES string of the molecule is Cc1ccc(NC(=O)Nc2nc(CC(=O)O)cs2)cc1Cl. The number of hydrogen-bond acceptors (Lipinski definition) is 4. The Morgan fingerprint density at radius 3 is 2.81 bits per heavy atom. The fraction of sp³-hybridized carbons (Fsp3) is 0.154. The summed E-state index contributed by atoms with van der Waals surface area (Å²) in [6.45, 7) is 1.87. The van der Waals surface area contributed by atoms with Crippen LogP contribution >= 0.6 is 22.9 Å². The highest BCUT2D eigenvalue weighted by molar-refractivity contribution is 7.13. The highest BCUT2D eigenvalue weighted by atomic mass is 35.5. The van der Waals surface area contributed by atoms with Crippen LogP contribution in [0.15, 0.2) is 23.6 Å². The second-order valence-corrected chi connectivity index (χ2v) is 5.52. The molecule has 0 fully saturated rings. The van der Waals surface area contributed by atoms with Gasteiger partial charge in [0.15, 0.2) is 5.13 Å². The number of nitrogens with one attached hydrogen (secondary N) is 2. The van der Waals surface area contributed by atoms with Gasteiger partial charge in [-0.1, -0.05) is 17.7 Å². The van der Waals surface area contributed by atoms with E-state index < -0.39 is 12.0 Å². The Morgan fingerprint density at radius 2 is 2.14 bits per heavy atom. The van der Waals surface area contributed by atoms with Gasteiger partial charge in [-0.3, -0.25) is 10.1 Å². The lowest BCUT2D eigenvalue weighted by Gasteiger charge is -2.06. The molecular formula is C13H12ClN3O3S. The van der Waals surface area contributed by atoms with Crippen molar-refractivity contribution in [3.8, 4) is 0 Å². The molecule has 110 valence electrons. The zero-order valence-corrected chi connectivity index (χ0v) is 12.6. The number of aromatic nitrogens is 1. The van der Waals surface area contributed by atoms with Gasteiger partial charge in [-0.15, -0.1) is 11.3 Å². The van der Waals surface area contributed by atoms with Crippen LogP contribution in [0.2, 0.25) is 5.02 Å². The van der Waals surface area contributed by atoms with Crippen molar-refractivity contribution in [1.29, 1.82) is 0 Å². The number of urea groups is 1. The molecule has 1 heterocycles. The van der Waals surface area contributed by atoms with Crippen LogP contribution in [0.25, 0.3) is 0 Å². The summed E-state index contributed by atoms with van der Waals surface area (Å²) in [7, 11) is 0. The largest absolute Gasteiger partial charge is 0.481 e. The number of anilines is 2. The maximum Gasteiger partial charge on any atom is 0.325 e. The second kappa shape index (κ2) is 6.55. The Labute approximate surface area is 129 Å². The summed E-state index contributed by atoms with van der Waals surface area (Å²) in [5.41, 5.74) is 1.88.